The normalized spacial score (nSPS) is 21.2. The van der Waals surface area contributed by atoms with Gasteiger partial charge in [-0.25, -0.2) is 0 Å². The van der Waals surface area contributed by atoms with Crippen LogP contribution in [-0.2, 0) is 9.59 Å². The molecule has 7 nitrogen and oxygen atoms in total. The lowest BCUT2D eigenvalue weighted by atomic mass is 9.95. The van der Waals surface area contributed by atoms with Crippen LogP contribution in [0.2, 0.25) is 0 Å². The first-order valence-corrected chi connectivity index (χ1v) is 9.77. The van der Waals surface area contributed by atoms with Gasteiger partial charge in [-0.2, -0.15) is 0 Å². The zero-order valence-electron chi connectivity index (χ0n) is 15.9. The lowest BCUT2D eigenvalue weighted by Gasteiger charge is -2.23. The third kappa shape index (κ3) is 5.45. The Morgan fingerprint density at radius 2 is 1.85 bits per heavy atom. The average molecular weight is 371 g/mol. The van der Waals surface area contributed by atoms with Gasteiger partial charge in [0.1, 0.15) is 0 Å². The molecule has 1 saturated heterocycles. The maximum absolute atomic E-state index is 12.3. The van der Waals surface area contributed by atoms with Gasteiger partial charge in [0.25, 0.3) is 0 Å². The van der Waals surface area contributed by atoms with Crippen molar-refractivity contribution in [1.29, 1.82) is 0 Å². The molecule has 2 amide bonds. The average Bonchev–Trinajstić information content (AvgIpc) is 3.06. The van der Waals surface area contributed by atoms with Gasteiger partial charge in [0.2, 0.25) is 11.8 Å². The number of guanidine groups is 1. The van der Waals surface area contributed by atoms with Gasteiger partial charge in [-0.05, 0) is 25.0 Å². The molecule has 1 saturated carbocycles. The van der Waals surface area contributed by atoms with Crippen LogP contribution in [0.4, 0.5) is 5.69 Å². The maximum Gasteiger partial charge on any atom is 0.239 e. The van der Waals surface area contributed by atoms with E-state index in [0.29, 0.717) is 25.0 Å². The largest absolute Gasteiger partial charge is 0.352 e. The molecule has 0 aromatic heterocycles. The predicted octanol–water partition coefficient (Wildman–Crippen LogP) is 1.41. The summed E-state index contributed by atoms with van der Waals surface area (Å²) in [4.78, 5) is 30.4. The molecule has 2 aliphatic rings. The number of amides is 2. The molecule has 3 rings (SSSR count). The second-order valence-corrected chi connectivity index (χ2v) is 7.21. The first-order chi connectivity index (χ1) is 13.2. The molecule has 1 aliphatic heterocycles. The van der Waals surface area contributed by atoms with Crippen molar-refractivity contribution in [3.63, 3.8) is 0 Å². The lowest BCUT2D eigenvalue weighted by molar-refractivity contribution is -0.121. The molecule has 0 radical (unpaired) electrons. The van der Waals surface area contributed by atoms with E-state index in [2.05, 4.69) is 20.9 Å². The number of rotatable bonds is 5. The molecule has 1 aromatic rings. The molecule has 3 N–H and O–H groups in total. The fourth-order valence-electron chi connectivity index (χ4n) is 3.74. The molecule has 1 aliphatic carbocycles. The highest BCUT2D eigenvalue weighted by Crippen LogP contribution is 2.21. The highest BCUT2D eigenvalue weighted by Gasteiger charge is 2.31. The summed E-state index contributed by atoms with van der Waals surface area (Å²) in [5.41, 5.74) is 0.904. The molecule has 0 spiro atoms. The van der Waals surface area contributed by atoms with E-state index < -0.39 is 0 Å². The molecule has 2 fully saturated rings. The molecule has 1 atom stereocenters. The molecular formula is C20H29N5O2. The van der Waals surface area contributed by atoms with Crippen LogP contribution in [0, 0.1) is 0 Å². The van der Waals surface area contributed by atoms with Crippen molar-refractivity contribution >= 4 is 23.5 Å². The lowest BCUT2D eigenvalue weighted by Crippen LogP contribution is -2.49. The van der Waals surface area contributed by atoms with Crippen molar-refractivity contribution in [3.8, 4) is 0 Å². The van der Waals surface area contributed by atoms with E-state index in [9.17, 15) is 9.59 Å². The summed E-state index contributed by atoms with van der Waals surface area (Å²) in [5.74, 6) is 0.615. The number of benzene rings is 1. The third-order valence-corrected chi connectivity index (χ3v) is 5.14. The van der Waals surface area contributed by atoms with Crippen LogP contribution in [0.15, 0.2) is 35.3 Å². The van der Waals surface area contributed by atoms with Crippen molar-refractivity contribution in [2.24, 2.45) is 4.99 Å². The van der Waals surface area contributed by atoms with Gasteiger partial charge in [-0.15, -0.1) is 0 Å². The number of carbonyl (C=O) groups is 2. The van der Waals surface area contributed by atoms with Crippen molar-refractivity contribution in [2.75, 3.05) is 25.0 Å². The van der Waals surface area contributed by atoms with E-state index in [1.165, 1.54) is 19.3 Å². The zero-order valence-corrected chi connectivity index (χ0v) is 15.9. The quantitative estimate of drug-likeness (QED) is 0.540. The van der Waals surface area contributed by atoms with Crippen molar-refractivity contribution in [3.05, 3.63) is 30.3 Å². The predicted molar refractivity (Wildman–Crippen MR) is 107 cm³/mol. The number of nitrogens with one attached hydrogen (secondary N) is 3. The summed E-state index contributed by atoms with van der Waals surface area (Å²) in [5, 5.41) is 9.38. The topological polar surface area (TPSA) is 85.8 Å². The van der Waals surface area contributed by atoms with Crippen LogP contribution in [0.25, 0.3) is 0 Å². The van der Waals surface area contributed by atoms with Crippen LogP contribution in [0.1, 0.15) is 38.5 Å². The molecule has 1 aromatic carbocycles. The van der Waals surface area contributed by atoms with Crippen LogP contribution in [0.5, 0.6) is 0 Å². The molecular weight excluding hydrogens is 342 g/mol. The van der Waals surface area contributed by atoms with E-state index in [-0.39, 0.29) is 24.4 Å². The first-order valence-electron chi connectivity index (χ1n) is 9.77. The second kappa shape index (κ2) is 9.39. The van der Waals surface area contributed by atoms with E-state index in [4.69, 9.17) is 0 Å². The summed E-state index contributed by atoms with van der Waals surface area (Å²) in [6, 6.07) is 9.92. The van der Waals surface area contributed by atoms with Gasteiger partial charge in [-0.1, -0.05) is 37.5 Å². The Hall–Kier alpha value is -2.57. The Bertz CT molecular complexity index is 670. The minimum Gasteiger partial charge on any atom is -0.352 e. The number of nitrogens with zero attached hydrogens (tertiary/aromatic N) is 2. The van der Waals surface area contributed by atoms with Crippen LogP contribution in [0.3, 0.4) is 0 Å². The number of hydrogen-bond donors (Lipinski definition) is 3. The SMILES string of the molecule is CN=C(NCC(=O)NC1CCCCC1)NC1CC(=O)N(c2ccccc2)C1. The Balaban J connectivity index is 1.45. The Morgan fingerprint density at radius 1 is 1.11 bits per heavy atom. The van der Waals surface area contributed by atoms with Crippen LogP contribution >= 0.6 is 0 Å². The smallest absolute Gasteiger partial charge is 0.239 e. The molecule has 146 valence electrons. The summed E-state index contributed by atoms with van der Waals surface area (Å²) >= 11 is 0. The standard InChI is InChI=1S/C20H29N5O2/c1-21-20(22-13-18(26)23-15-8-4-2-5-9-15)24-16-12-19(27)25(14-16)17-10-6-3-7-11-17/h3,6-7,10-11,15-16H,2,4-5,8-9,12-14H2,1H3,(H,23,26)(H2,21,22,24). The second-order valence-electron chi connectivity index (χ2n) is 7.21. The summed E-state index contributed by atoms with van der Waals surface area (Å²) in [7, 11) is 1.67. The first kappa shape index (κ1) is 19.2. The summed E-state index contributed by atoms with van der Waals surface area (Å²) in [6.07, 6.45) is 6.19. The number of para-hydroxylation sites is 1. The molecule has 27 heavy (non-hydrogen) atoms. The number of carbonyl (C=O) groups excluding carboxylic acids is 2. The highest BCUT2D eigenvalue weighted by atomic mass is 16.2. The molecule has 7 heteroatoms. The minimum atomic E-state index is -0.0367. The van der Waals surface area contributed by atoms with Gasteiger partial charge in [-0.3, -0.25) is 14.6 Å². The van der Waals surface area contributed by atoms with E-state index in [1.54, 1.807) is 11.9 Å². The number of hydrogen-bond acceptors (Lipinski definition) is 3. The van der Waals surface area contributed by atoms with E-state index in [0.717, 1.165) is 18.5 Å². The fraction of sp³-hybridized carbons (Fsp3) is 0.550. The van der Waals surface area contributed by atoms with Gasteiger partial charge < -0.3 is 20.9 Å². The highest BCUT2D eigenvalue weighted by molar-refractivity contribution is 5.97. The molecule has 1 unspecified atom stereocenters. The summed E-state index contributed by atoms with van der Waals surface area (Å²) < 4.78 is 0. The van der Waals surface area contributed by atoms with E-state index in [1.807, 2.05) is 30.3 Å². The summed E-state index contributed by atoms with van der Waals surface area (Å²) in [6.45, 7) is 0.761. The fourth-order valence-corrected chi connectivity index (χ4v) is 3.74. The number of anilines is 1. The van der Waals surface area contributed by atoms with E-state index >= 15 is 0 Å². The van der Waals surface area contributed by atoms with Crippen molar-refractivity contribution in [2.45, 2.75) is 50.6 Å². The third-order valence-electron chi connectivity index (χ3n) is 5.14. The van der Waals surface area contributed by atoms with Crippen molar-refractivity contribution < 1.29 is 9.59 Å². The van der Waals surface area contributed by atoms with Gasteiger partial charge in [0.05, 0.1) is 12.6 Å². The monoisotopic (exact) mass is 371 g/mol. The maximum atomic E-state index is 12.3. The number of aliphatic imine (C=N–C) groups is 1. The molecule has 1 heterocycles. The Labute approximate surface area is 160 Å². The zero-order chi connectivity index (χ0) is 19.1. The van der Waals surface area contributed by atoms with Crippen LogP contribution in [-0.4, -0.2) is 50.0 Å². The molecule has 0 bridgehead atoms. The van der Waals surface area contributed by atoms with Gasteiger partial charge in [0.15, 0.2) is 5.96 Å². The minimum absolute atomic E-state index is 0.0155. The van der Waals surface area contributed by atoms with Crippen molar-refractivity contribution in [1.82, 2.24) is 16.0 Å². The Kier molecular flexibility index (Phi) is 6.68. The van der Waals surface area contributed by atoms with Gasteiger partial charge >= 0.3 is 0 Å². The van der Waals surface area contributed by atoms with Gasteiger partial charge in [0, 0.05) is 31.7 Å². The van der Waals surface area contributed by atoms with Crippen LogP contribution < -0.4 is 20.9 Å². The Morgan fingerprint density at radius 3 is 2.56 bits per heavy atom.